The van der Waals surface area contributed by atoms with Crippen molar-refractivity contribution in [2.45, 2.75) is 52.9 Å². The molecule has 0 aliphatic carbocycles. The van der Waals surface area contributed by atoms with Crippen LogP contribution in [0.3, 0.4) is 0 Å². The van der Waals surface area contributed by atoms with E-state index in [1.165, 1.54) is 20.8 Å². The first kappa shape index (κ1) is 29.2. The van der Waals surface area contributed by atoms with Crippen LogP contribution in [-0.4, -0.2) is 36.9 Å². The molecule has 0 aliphatic heterocycles. The van der Waals surface area contributed by atoms with Gasteiger partial charge in [0.15, 0.2) is 5.60 Å². The summed E-state index contributed by atoms with van der Waals surface area (Å²) in [4.78, 5) is 25.5. The predicted molar refractivity (Wildman–Crippen MR) is 117 cm³/mol. The third kappa shape index (κ3) is 7.01. The number of halogens is 5. The highest BCUT2D eigenvalue weighted by atomic mass is 19.2. The van der Waals surface area contributed by atoms with Gasteiger partial charge in [0.1, 0.15) is 12.0 Å². The summed E-state index contributed by atoms with van der Waals surface area (Å²) in [5.74, 6) is -15.7. The van der Waals surface area contributed by atoms with E-state index in [9.17, 15) is 31.5 Å². The molecule has 2 rings (SSSR count). The average Bonchev–Trinajstić information content (AvgIpc) is 2.85. The third-order valence-corrected chi connectivity index (χ3v) is 5.05. The maximum absolute atomic E-state index is 14.0. The van der Waals surface area contributed by atoms with Gasteiger partial charge in [-0.25, -0.2) is 18.0 Å². The molecule has 0 spiro atoms. The SMILES string of the molecule is CC(C)OCC(C)(COC(=O)C(C)(C)OCc1ccccc1)C(=O)Oc1c(F)c(F)c(F)c(F)c1F. The number of carbonyl (C=O) groups excluding carboxylic acids is 2. The molecule has 0 aromatic heterocycles. The highest BCUT2D eigenvalue weighted by molar-refractivity contribution is 5.81. The first-order valence-corrected chi connectivity index (χ1v) is 10.9. The lowest BCUT2D eigenvalue weighted by Gasteiger charge is -2.30. The quantitative estimate of drug-likeness (QED) is 0.133. The lowest BCUT2D eigenvalue weighted by Crippen LogP contribution is -2.45. The summed E-state index contributed by atoms with van der Waals surface area (Å²) >= 11 is 0. The first-order valence-electron chi connectivity index (χ1n) is 10.9. The van der Waals surface area contributed by atoms with Crippen molar-refractivity contribution < 1.29 is 50.5 Å². The zero-order valence-electron chi connectivity index (χ0n) is 20.4. The van der Waals surface area contributed by atoms with Gasteiger partial charge in [-0.2, -0.15) is 8.78 Å². The molecular formula is C25H27F5O6. The van der Waals surface area contributed by atoms with E-state index in [-0.39, 0.29) is 6.61 Å². The molecule has 0 fully saturated rings. The third-order valence-electron chi connectivity index (χ3n) is 5.05. The predicted octanol–water partition coefficient (Wildman–Crippen LogP) is 5.26. The van der Waals surface area contributed by atoms with Gasteiger partial charge in [0.2, 0.25) is 34.8 Å². The van der Waals surface area contributed by atoms with Crippen LogP contribution in [-0.2, 0) is 30.4 Å². The van der Waals surface area contributed by atoms with Crippen LogP contribution in [0.15, 0.2) is 30.3 Å². The minimum atomic E-state index is -2.40. The fourth-order valence-electron chi connectivity index (χ4n) is 2.70. The summed E-state index contributed by atoms with van der Waals surface area (Å²) in [6.45, 7) is 6.24. The summed E-state index contributed by atoms with van der Waals surface area (Å²) in [7, 11) is 0. The molecule has 0 heterocycles. The van der Waals surface area contributed by atoms with Gasteiger partial charge in [-0.1, -0.05) is 30.3 Å². The number of hydrogen-bond donors (Lipinski definition) is 0. The molecule has 0 N–H and O–H groups in total. The lowest BCUT2D eigenvalue weighted by molar-refractivity contribution is -0.178. The van der Waals surface area contributed by atoms with Crippen LogP contribution in [0, 0.1) is 34.5 Å². The second kappa shape index (κ2) is 11.8. The monoisotopic (exact) mass is 518 g/mol. The molecule has 0 aliphatic rings. The van der Waals surface area contributed by atoms with E-state index >= 15 is 0 Å². The Balaban J connectivity index is 2.19. The number of ether oxygens (including phenoxy) is 4. The van der Waals surface area contributed by atoms with Crippen LogP contribution < -0.4 is 4.74 Å². The minimum Gasteiger partial charge on any atom is -0.462 e. The number of benzene rings is 2. The molecule has 2 aromatic rings. The number of esters is 2. The number of carbonyl (C=O) groups is 2. The van der Waals surface area contributed by atoms with Gasteiger partial charge >= 0.3 is 11.9 Å². The summed E-state index contributed by atoms with van der Waals surface area (Å²) in [6.07, 6.45) is -0.423. The molecule has 198 valence electrons. The Hall–Kier alpha value is -3.05. The van der Waals surface area contributed by atoms with Crippen LogP contribution in [0.2, 0.25) is 0 Å². The smallest absolute Gasteiger partial charge is 0.337 e. The normalized spacial score (nSPS) is 13.4. The standard InChI is InChI=1S/C25H27F5O6/c1-14(2)33-12-25(5,23(32)36-21-19(29)17(27)16(26)18(28)20(21)30)13-34-22(31)24(3,4)35-11-15-9-7-6-8-10-15/h6-10,14H,11-13H2,1-5H3. The van der Waals surface area contributed by atoms with Crippen LogP contribution in [0.5, 0.6) is 5.75 Å². The Morgan fingerprint density at radius 3 is 1.86 bits per heavy atom. The van der Waals surface area contributed by atoms with Crippen molar-refractivity contribution in [3.63, 3.8) is 0 Å². The molecule has 2 aromatic carbocycles. The summed E-state index contributed by atoms with van der Waals surface area (Å²) < 4.78 is 89.3. The highest BCUT2D eigenvalue weighted by Gasteiger charge is 2.42. The molecule has 0 amide bonds. The van der Waals surface area contributed by atoms with Gasteiger partial charge in [-0.3, -0.25) is 4.79 Å². The second-order valence-corrected chi connectivity index (χ2v) is 9.07. The molecule has 0 bridgehead atoms. The van der Waals surface area contributed by atoms with E-state index in [1.54, 1.807) is 38.1 Å². The zero-order chi connectivity index (χ0) is 27.3. The summed E-state index contributed by atoms with van der Waals surface area (Å²) in [5.41, 5.74) is -2.55. The topological polar surface area (TPSA) is 71.1 Å². The highest BCUT2D eigenvalue weighted by Crippen LogP contribution is 2.32. The van der Waals surface area contributed by atoms with Crippen molar-refractivity contribution in [1.82, 2.24) is 0 Å². The Labute approximate surface area is 205 Å². The molecule has 6 nitrogen and oxygen atoms in total. The summed E-state index contributed by atoms with van der Waals surface area (Å²) in [6, 6.07) is 8.98. The van der Waals surface area contributed by atoms with Gasteiger partial charge in [-0.15, -0.1) is 0 Å². The van der Waals surface area contributed by atoms with E-state index in [2.05, 4.69) is 4.74 Å². The Morgan fingerprint density at radius 2 is 1.33 bits per heavy atom. The van der Waals surface area contributed by atoms with Crippen LogP contribution >= 0.6 is 0 Å². The summed E-state index contributed by atoms with van der Waals surface area (Å²) in [5, 5.41) is 0. The van der Waals surface area contributed by atoms with Crippen molar-refractivity contribution in [3.05, 3.63) is 65.0 Å². The average molecular weight is 518 g/mol. The Bertz CT molecular complexity index is 1060. The molecular weight excluding hydrogens is 491 g/mol. The van der Waals surface area contributed by atoms with E-state index in [4.69, 9.17) is 14.2 Å². The van der Waals surface area contributed by atoms with Gasteiger partial charge in [0.05, 0.1) is 19.3 Å². The first-order chi connectivity index (χ1) is 16.7. The van der Waals surface area contributed by atoms with Crippen molar-refractivity contribution in [3.8, 4) is 5.75 Å². The second-order valence-electron chi connectivity index (χ2n) is 9.07. The van der Waals surface area contributed by atoms with Gasteiger partial charge < -0.3 is 18.9 Å². The number of rotatable bonds is 11. The fourth-order valence-corrected chi connectivity index (χ4v) is 2.70. The maximum atomic E-state index is 14.0. The molecule has 1 atom stereocenters. The van der Waals surface area contributed by atoms with Crippen molar-refractivity contribution in [2.24, 2.45) is 5.41 Å². The van der Waals surface area contributed by atoms with E-state index < -0.39 is 77.1 Å². The lowest BCUT2D eigenvalue weighted by atomic mass is 9.92. The van der Waals surface area contributed by atoms with Crippen molar-refractivity contribution >= 4 is 11.9 Å². The van der Waals surface area contributed by atoms with Crippen LogP contribution in [0.1, 0.15) is 40.2 Å². The maximum Gasteiger partial charge on any atom is 0.337 e. The van der Waals surface area contributed by atoms with Gasteiger partial charge in [-0.05, 0) is 40.2 Å². The molecule has 1 unspecified atom stereocenters. The molecule has 36 heavy (non-hydrogen) atoms. The van der Waals surface area contributed by atoms with Gasteiger partial charge in [0, 0.05) is 0 Å². The Morgan fingerprint density at radius 1 is 0.806 bits per heavy atom. The largest absolute Gasteiger partial charge is 0.462 e. The minimum absolute atomic E-state index is 0.0823. The Kier molecular flexibility index (Phi) is 9.56. The number of hydrogen-bond acceptors (Lipinski definition) is 6. The molecule has 0 saturated heterocycles. The van der Waals surface area contributed by atoms with E-state index in [1.807, 2.05) is 6.07 Å². The van der Waals surface area contributed by atoms with Gasteiger partial charge in [0.25, 0.3) is 0 Å². The van der Waals surface area contributed by atoms with Crippen LogP contribution in [0.25, 0.3) is 0 Å². The fraction of sp³-hybridized carbons (Fsp3) is 0.440. The molecule has 0 saturated carbocycles. The zero-order valence-corrected chi connectivity index (χ0v) is 20.4. The van der Waals surface area contributed by atoms with Crippen LogP contribution in [0.4, 0.5) is 22.0 Å². The van der Waals surface area contributed by atoms with Crippen molar-refractivity contribution in [2.75, 3.05) is 13.2 Å². The van der Waals surface area contributed by atoms with E-state index in [0.717, 1.165) is 5.56 Å². The molecule has 11 heteroatoms. The molecule has 0 radical (unpaired) electrons. The van der Waals surface area contributed by atoms with Crippen molar-refractivity contribution in [1.29, 1.82) is 0 Å². The van der Waals surface area contributed by atoms with E-state index in [0.29, 0.717) is 0 Å².